The van der Waals surface area contributed by atoms with Gasteiger partial charge in [-0.15, -0.1) is 0 Å². The average molecular weight is 788 g/mol. The van der Waals surface area contributed by atoms with E-state index in [4.69, 9.17) is 14.5 Å². The predicted octanol–water partition coefficient (Wildman–Crippen LogP) is 8.79. The summed E-state index contributed by atoms with van der Waals surface area (Å²) < 4.78 is 11.1. The number of fused-ring (bicyclic) bond motifs is 4. The predicted molar refractivity (Wildman–Crippen MR) is 229 cm³/mol. The zero-order valence-corrected chi connectivity index (χ0v) is 35.7. The molecule has 2 bridgehead atoms. The van der Waals surface area contributed by atoms with Crippen molar-refractivity contribution in [3.8, 4) is 11.3 Å². The SMILES string of the molecule is CC(=O)OCC(C)(C)OC(=O)CC(=NC[C@@H](C)c1c(-c2cc(C)cc(C)c2)[nH]c2ccc(C(C)(C)C(=O)N3CC4CCC3CC4)cc12)N1CCC(c2ccncc2)C1. The number of nitrogens with one attached hydrogen (secondary N) is 1. The molecule has 8 rings (SSSR count). The van der Waals surface area contributed by atoms with Crippen LogP contribution in [0.3, 0.4) is 0 Å². The van der Waals surface area contributed by atoms with Crippen molar-refractivity contribution in [3.63, 3.8) is 0 Å². The van der Waals surface area contributed by atoms with E-state index >= 15 is 0 Å². The Labute approximate surface area is 343 Å². The van der Waals surface area contributed by atoms with Gasteiger partial charge >= 0.3 is 11.9 Å². The Bertz CT molecular complexity index is 2160. The summed E-state index contributed by atoms with van der Waals surface area (Å²) in [7, 11) is 0. The van der Waals surface area contributed by atoms with Crippen LogP contribution in [0.5, 0.6) is 0 Å². The lowest BCUT2D eigenvalue weighted by Crippen LogP contribution is -2.55. The molecule has 10 nitrogen and oxygen atoms in total. The average Bonchev–Trinajstić information content (AvgIpc) is 3.84. The third-order valence-corrected chi connectivity index (χ3v) is 12.7. The number of aliphatic imine (C=N–C) groups is 1. The zero-order valence-electron chi connectivity index (χ0n) is 35.7. The zero-order chi connectivity index (χ0) is 41.4. The molecule has 1 unspecified atom stereocenters. The molecule has 1 N–H and O–H groups in total. The summed E-state index contributed by atoms with van der Waals surface area (Å²) in [6.07, 6.45) is 9.26. The molecule has 0 spiro atoms. The maximum absolute atomic E-state index is 14.4. The highest BCUT2D eigenvalue weighted by Crippen LogP contribution is 2.41. The van der Waals surface area contributed by atoms with Gasteiger partial charge in [0.2, 0.25) is 5.91 Å². The van der Waals surface area contributed by atoms with Gasteiger partial charge in [0.25, 0.3) is 0 Å². The lowest BCUT2D eigenvalue weighted by atomic mass is 9.76. The van der Waals surface area contributed by atoms with E-state index in [2.05, 4.69) is 103 Å². The molecule has 2 aromatic heterocycles. The molecule has 10 heteroatoms. The fraction of sp³-hybridized carbons (Fsp3) is 0.521. The highest BCUT2D eigenvalue weighted by Gasteiger charge is 2.42. The number of likely N-dealkylation sites (tertiary alicyclic amines) is 1. The number of amidine groups is 1. The first-order chi connectivity index (χ1) is 27.6. The molecule has 2 atom stereocenters. The number of esters is 2. The third kappa shape index (κ3) is 9.01. The molecule has 5 heterocycles. The Balaban J connectivity index is 1.23. The summed E-state index contributed by atoms with van der Waals surface area (Å²) in [5, 5.41) is 1.09. The molecule has 308 valence electrons. The molecule has 3 saturated heterocycles. The van der Waals surface area contributed by atoms with E-state index in [1.807, 2.05) is 12.4 Å². The minimum Gasteiger partial charge on any atom is -0.462 e. The summed E-state index contributed by atoms with van der Waals surface area (Å²) in [6.45, 7) is 18.2. The molecular formula is C48H61N5O5. The first kappa shape index (κ1) is 41.2. The number of aromatic amines is 1. The summed E-state index contributed by atoms with van der Waals surface area (Å²) in [5.41, 5.74) is 7.23. The fourth-order valence-electron chi connectivity index (χ4n) is 9.54. The minimum absolute atomic E-state index is 0.00406. The van der Waals surface area contributed by atoms with Crippen molar-refractivity contribution in [2.45, 2.75) is 123 Å². The van der Waals surface area contributed by atoms with Crippen LogP contribution in [-0.2, 0) is 29.3 Å². The van der Waals surface area contributed by atoms with Crippen LogP contribution in [0, 0.1) is 19.8 Å². The molecule has 4 aliphatic rings. The van der Waals surface area contributed by atoms with Crippen LogP contribution in [0.25, 0.3) is 22.2 Å². The van der Waals surface area contributed by atoms with E-state index in [0.29, 0.717) is 24.3 Å². The number of pyridine rings is 1. The van der Waals surface area contributed by atoms with Crippen molar-refractivity contribution in [2.24, 2.45) is 10.9 Å². The molecule has 0 radical (unpaired) electrons. The second-order valence-corrected chi connectivity index (χ2v) is 18.4. The number of hydrogen-bond donors (Lipinski definition) is 1. The molecule has 3 aliphatic heterocycles. The van der Waals surface area contributed by atoms with Crippen LogP contribution in [0.15, 0.2) is 65.9 Å². The van der Waals surface area contributed by atoms with E-state index in [1.165, 1.54) is 36.5 Å². The number of H-pyrrole nitrogens is 1. The monoisotopic (exact) mass is 787 g/mol. The van der Waals surface area contributed by atoms with E-state index in [-0.39, 0.29) is 30.8 Å². The van der Waals surface area contributed by atoms with Gasteiger partial charge in [-0.2, -0.15) is 0 Å². The second-order valence-electron chi connectivity index (χ2n) is 18.4. The van der Waals surface area contributed by atoms with E-state index < -0.39 is 23.0 Å². The van der Waals surface area contributed by atoms with Gasteiger partial charge in [0.1, 0.15) is 24.5 Å². The third-order valence-electron chi connectivity index (χ3n) is 12.7. The van der Waals surface area contributed by atoms with Gasteiger partial charge < -0.3 is 24.3 Å². The number of amides is 1. The topological polar surface area (TPSA) is 117 Å². The van der Waals surface area contributed by atoms with E-state index in [0.717, 1.165) is 72.2 Å². The Hall–Kier alpha value is -4.99. The number of carbonyl (C=O) groups excluding carboxylic acids is 3. The van der Waals surface area contributed by atoms with Crippen molar-refractivity contribution in [1.82, 2.24) is 19.8 Å². The largest absolute Gasteiger partial charge is 0.462 e. The number of aromatic nitrogens is 2. The number of benzene rings is 2. The van der Waals surface area contributed by atoms with Crippen LogP contribution in [0.4, 0.5) is 0 Å². The number of piperidine rings is 2. The summed E-state index contributed by atoms with van der Waals surface area (Å²) >= 11 is 0. The molecule has 2 aromatic carbocycles. The number of ether oxygens (including phenoxy) is 2. The van der Waals surface area contributed by atoms with Crippen LogP contribution < -0.4 is 0 Å². The van der Waals surface area contributed by atoms with Crippen LogP contribution in [-0.4, -0.2) is 87.9 Å². The number of hydrogen-bond acceptors (Lipinski definition) is 7. The van der Waals surface area contributed by atoms with E-state index in [9.17, 15) is 14.4 Å². The number of nitrogens with zero attached hydrogens (tertiary/aromatic N) is 4. The summed E-state index contributed by atoms with van der Waals surface area (Å²) in [5.74, 6) is 0.913. The van der Waals surface area contributed by atoms with Crippen molar-refractivity contribution < 1.29 is 23.9 Å². The highest BCUT2D eigenvalue weighted by molar-refractivity contribution is 5.98. The fourth-order valence-corrected chi connectivity index (χ4v) is 9.54. The quantitative estimate of drug-likeness (QED) is 0.0867. The minimum atomic E-state index is -0.989. The van der Waals surface area contributed by atoms with Crippen molar-refractivity contribution >= 4 is 34.6 Å². The van der Waals surface area contributed by atoms with Gasteiger partial charge in [0.15, 0.2) is 0 Å². The van der Waals surface area contributed by atoms with Gasteiger partial charge in [-0.25, -0.2) is 0 Å². The normalized spacial score (nSPS) is 20.4. The maximum atomic E-state index is 14.4. The van der Waals surface area contributed by atoms with E-state index in [1.54, 1.807) is 13.8 Å². The van der Waals surface area contributed by atoms with Crippen LogP contribution in [0.2, 0.25) is 0 Å². The number of aryl methyl sites for hydroxylation is 2. The summed E-state index contributed by atoms with van der Waals surface area (Å²) in [4.78, 5) is 57.1. The number of rotatable bonds is 12. The molecule has 4 fully saturated rings. The lowest BCUT2D eigenvalue weighted by molar-refractivity contribution is -0.166. The lowest BCUT2D eigenvalue weighted by Gasteiger charge is -2.47. The van der Waals surface area contributed by atoms with Crippen molar-refractivity contribution in [2.75, 3.05) is 32.8 Å². The standard InChI is InChI=1S/C48H61N5O5/c1-30-21-31(2)23-37(22-30)45-44(40-24-38(11-14-41(40)51-45)48(7,8)46(56)53-27-34-9-12-39(53)13-10-34)32(3)26-50-42(25-43(55)58-47(5,6)29-57-33(4)54)52-20-17-36(28-52)35-15-18-49-19-16-35/h11,14-16,18-19,21-24,32,34,36,39,51H,9-10,12-13,17,20,25-29H2,1-8H3/t32-,34?,36?,39?/m1/s1. The Morgan fingerprint density at radius 1 is 0.931 bits per heavy atom. The smallest absolute Gasteiger partial charge is 0.314 e. The Morgan fingerprint density at radius 3 is 2.29 bits per heavy atom. The van der Waals surface area contributed by atoms with Crippen molar-refractivity contribution in [1.29, 1.82) is 0 Å². The number of carbonyl (C=O) groups is 3. The maximum Gasteiger partial charge on any atom is 0.314 e. The first-order valence-electron chi connectivity index (χ1n) is 21.2. The molecule has 4 aromatic rings. The summed E-state index contributed by atoms with van der Waals surface area (Å²) in [6, 6.07) is 17.6. The van der Waals surface area contributed by atoms with Gasteiger partial charge in [0, 0.05) is 74.3 Å². The molecule has 1 amide bonds. The van der Waals surface area contributed by atoms with Crippen molar-refractivity contribution in [3.05, 3.63) is 88.7 Å². The highest BCUT2D eigenvalue weighted by atomic mass is 16.6. The van der Waals surface area contributed by atoms with Crippen LogP contribution >= 0.6 is 0 Å². The Morgan fingerprint density at radius 2 is 1.64 bits per heavy atom. The second kappa shape index (κ2) is 16.7. The van der Waals surface area contributed by atoms with Crippen LogP contribution in [0.1, 0.15) is 120 Å². The molecule has 58 heavy (non-hydrogen) atoms. The van der Waals surface area contributed by atoms with Gasteiger partial charge in [-0.05, 0) is 138 Å². The molecule has 1 aliphatic carbocycles. The van der Waals surface area contributed by atoms with Gasteiger partial charge in [0.05, 0.1) is 11.1 Å². The Kier molecular flexibility index (Phi) is 11.9. The first-order valence-corrected chi connectivity index (χ1v) is 21.2. The van der Waals surface area contributed by atoms with Gasteiger partial charge in [-0.3, -0.25) is 24.4 Å². The molecular weight excluding hydrogens is 727 g/mol. The van der Waals surface area contributed by atoms with Gasteiger partial charge in [-0.1, -0.05) is 30.2 Å². The molecule has 1 saturated carbocycles.